The minimum absolute atomic E-state index is 0.0295. The van der Waals surface area contributed by atoms with Crippen LogP contribution in [0.25, 0.3) is 0 Å². The summed E-state index contributed by atoms with van der Waals surface area (Å²) >= 11 is 0. The molecule has 0 aliphatic heterocycles. The first-order chi connectivity index (χ1) is 8.99. The van der Waals surface area contributed by atoms with Gasteiger partial charge in [-0.3, -0.25) is 4.79 Å². The molecule has 0 aromatic heterocycles. The van der Waals surface area contributed by atoms with Gasteiger partial charge in [0.25, 0.3) is 5.91 Å². The van der Waals surface area contributed by atoms with Crippen molar-refractivity contribution in [2.24, 2.45) is 5.73 Å². The molecule has 0 saturated carbocycles. The predicted octanol–water partition coefficient (Wildman–Crippen LogP) is 1.97. The molecule has 19 heavy (non-hydrogen) atoms. The summed E-state index contributed by atoms with van der Waals surface area (Å²) in [5, 5.41) is 2.81. The summed E-state index contributed by atoms with van der Waals surface area (Å²) in [5.74, 6) is -0.328. The Kier molecular flexibility index (Phi) is 5.76. The third-order valence-corrected chi connectivity index (χ3v) is 2.95. The van der Waals surface area contributed by atoms with Crippen molar-refractivity contribution in [1.29, 1.82) is 0 Å². The molecule has 2 atom stereocenters. The average molecular weight is 268 g/mol. The second-order valence-electron chi connectivity index (χ2n) is 4.50. The molecule has 0 saturated heterocycles. The molecule has 1 aromatic rings. The lowest BCUT2D eigenvalue weighted by Gasteiger charge is -2.19. The van der Waals surface area contributed by atoms with Gasteiger partial charge in [-0.25, -0.2) is 4.39 Å². The standard InChI is InChI=1S/C14H21FN2O2/c1-4-9(2)17-14(18)10(3)19-13-7-5-6-12(15)11(13)8-16/h5-7,9-10H,4,8,16H2,1-3H3,(H,17,18). The largest absolute Gasteiger partial charge is 0.480 e. The number of benzene rings is 1. The molecule has 106 valence electrons. The summed E-state index contributed by atoms with van der Waals surface area (Å²) in [5.41, 5.74) is 5.77. The normalized spacial score (nSPS) is 13.7. The molecule has 2 unspecified atom stereocenters. The number of hydrogen-bond acceptors (Lipinski definition) is 3. The lowest BCUT2D eigenvalue weighted by atomic mass is 10.2. The van der Waals surface area contributed by atoms with E-state index in [1.54, 1.807) is 13.0 Å². The lowest BCUT2D eigenvalue weighted by Crippen LogP contribution is -2.41. The second-order valence-corrected chi connectivity index (χ2v) is 4.50. The Morgan fingerprint density at radius 2 is 2.16 bits per heavy atom. The first-order valence-electron chi connectivity index (χ1n) is 6.44. The maximum Gasteiger partial charge on any atom is 0.260 e. The van der Waals surface area contributed by atoms with Crippen molar-refractivity contribution < 1.29 is 13.9 Å². The summed E-state index contributed by atoms with van der Waals surface area (Å²) in [6.07, 6.45) is 0.146. The number of amides is 1. The smallest absolute Gasteiger partial charge is 0.260 e. The highest BCUT2D eigenvalue weighted by Gasteiger charge is 2.18. The maximum absolute atomic E-state index is 13.5. The van der Waals surface area contributed by atoms with E-state index >= 15 is 0 Å². The van der Waals surface area contributed by atoms with Crippen LogP contribution >= 0.6 is 0 Å². The van der Waals surface area contributed by atoms with E-state index < -0.39 is 11.9 Å². The molecule has 0 fully saturated rings. The van der Waals surface area contributed by atoms with E-state index in [-0.39, 0.29) is 24.1 Å². The summed E-state index contributed by atoms with van der Waals surface area (Å²) in [6.45, 7) is 5.55. The number of carbonyl (C=O) groups excluding carboxylic acids is 1. The van der Waals surface area contributed by atoms with Crippen molar-refractivity contribution in [2.45, 2.75) is 45.9 Å². The topological polar surface area (TPSA) is 64.3 Å². The first kappa shape index (κ1) is 15.4. The van der Waals surface area contributed by atoms with Gasteiger partial charge in [-0.1, -0.05) is 13.0 Å². The van der Waals surface area contributed by atoms with Crippen LogP contribution in [0.5, 0.6) is 5.75 Å². The van der Waals surface area contributed by atoms with Crippen LogP contribution in [0.2, 0.25) is 0 Å². The van der Waals surface area contributed by atoms with Crippen LogP contribution in [-0.4, -0.2) is 18.1 Å². The zero-order chi connectivity index (χ0) is 14.4. The monoisotopic (exact) mass is 268 g/mol. The van der Waals surface area contributed by atoms with Crippen molar-refractivity contribution in [3.63, 3.8) is 0 Å². The Morgan fingerprint density at radius 1 is 1.47 bits per heavy atom. The Bertz CT molecular complexity index is 437. The highest BCUT2D eigenvalue weighted by molar-refractivity contribution is 5.81. The Hall–Kier alpha value is -1.62. The van der Waals surface area contributed by atoms with Crippen LogP contribution in [0.15, 0.2) is 18.2 Å². The minimum atomic E-state index is -0.693. The average Bonchev–Trinajstić information content (AvgIpc) is 2.38. The minimum Gasteiger partial charge on any atom is -0.480 e. The van der Waals surface area contributed by atoms with E-state index in [0.717, 1.165) is 6.42 Å². The fourth-order valence-corrected chi connectivity index (χ4v) is 1.55. The molecule has 1 rings (SSSR count). The Labute approximate surface area is 113 Å². The van der Waals surface area contributed by atoms with E-state index in [1.807, 2.05) is 13.8 Å². The third-order valence-electron chi connectivity index (χ3n) is 2.95. The summed E-state index contributed by atoms with van der Waals surface area (Å²) in [7, 11) is 0. The van der Waals surface area contributed by atoms with E-state index in [4.69, 9.17) is 10.5 Å². The quantitative estimate of drug-likeness (QED) is 0.829. The molecule has 0 spiro atoms. The van der Waals surface area contributed by atoms with Crippen LogP contribution < -0.4 is 15.8 Å². The number of nitrogens with two attached hydrogens (primary N) is 1. The third kappa shape index (κ3) is 4.21. The molecule has 1 amide bonds. The number of rotatable bonds is 6. The number of halogens is 1. The van der Waals surface area contributed by atoms with Gasteiger partial charge < -0.3 is 15.8 Å². The molecule has 0 aliphatic carbocycles. The number of nitrogens with one attached hydrogen (secondary N) is 1. The van der Waals surface area contributed by atoms with Gasteiger partial charge in [-0.15, -0.1) is 0 Å². The van der Waals surface area contributed by atoms with Crippen molar-refractivity contribution >= 4 is 5.91 Å². The Balaban J connectivity index is 2.74. The second kappa shape index (κ2) is 7.09. The van der Waals surface area contributed by atoms with Gasteiger partial charge in [0, 0.05) is 18.2 Å². The number of hydrogen-bond donors (Lipinski definition) is 2. The summed E-state index contributed by atoms with van der Waals surface area (Å²) in [4.78, 5) is 11.8. The van der Waals surface area contributed by atoms with Crippen molar-refractivity contribution in [3.05, 3.63) is 29.6 Å². The van der Waals surface area contributed by atoms with E-state index in [0.29, 0.717) is 5.75 Å². The number of ether oxygens (including phenoxy) is 1. The van der Waals surface area contributed by atoms with Crippen LogP contribution in [0, 0.1) is 5.82 Å². The van der Waals surface area contributed by atoms with Gasteiger partial charge in [0.15, 0.2) is 6.10 Å². The van der Waals surface area contributed by atoms with Gasteiger partial charge >= 0.3 is 0 Å². The molecule has 0 bridgehead atoms. The lowest BCUT2D eigenvalue weighted by molar-refractivity contribution is -0.127. The fraction of sp³-hybridized carbons (Fsp3) is 0.500. The van der Waals surface area contributed by atoms with Crippen LogP contribution in [-0.2, 0) is 11.3 Å². The highest BCUT2D eigenvalue weighted by Crippen LogP contribution is 2.22. The van der Waals surface area contributed by atoms with E-state index in [9.17, 15) is 9.18 Å². The molecule has 1 aromatic carbocycles. The fourth-order valence-electron chi connectivity index (χ4n) is 1.55. The van der Waals surface area contributed by atoms with E-state index in [2.05, 4.69) is 5.32 Å². The van der Waals surface area contributed by atoms with Gasteiger partial charge in [0.1, 0.15) is 11.6 Å². The van der Waals surface area contributed by atoms with Gasteiger partial charge in [-0.2, -0.15) is 0 Å². The molecule has 4 nitrogen and oxygen atoms in total. The van der Waals surface area contributed by atoms with Gasteiger partial charge in [0.05, 0.1) is 0 Å². The molecule has 0 aliphatic rings. The molecule has 5 heteroatoms. The maximum atomic E-state index is 13.5. The SMILES string of the molecule is CCC(C)NC(=O)C(C)Oc1cccc(F)c1CN. The van der Waals surface area contributed by atoms with Crippen molar-refractivity contribution in [1.82, 2.24) is 5.32 Å². The predicted molar refractivity (Wildman–Crippen MR) is 72.3 cm³/mol. The zero-order valence-corrected chi connectivity index (χ0v) is 11.6. The molecule has 3 N–H and O–H groups in total. The highest BCUT2D eigenvalue weighted by atomic mass is 19.1. The molecule has 0 radical (unpaired) electrons. The Morgan fingerprint density at radius 3 is 2.74 bits per heavy atom. The van der Waals surface area contributed by atoms with Crippen molar-refractivity contribution in [2.75, 3.05) is 0 Å². The van der Waals surface area contributed by atoms with Crippen LogP contribution in [0.1, 0.15) is 32.8 Å². The molecular formula is C14H21FN2O2. The molecular weight excluding hydrogens is 247 g/mol. The van der Waals surface area contributed by atoms with E-state index in [1.165, 1.54) is 12.1 Å². The van der Waals surface area contributed by atoms with Crippen LogP contribution in [0.4, 0.5) is 4.39 Å². The van der Waals surface area contributed by atoms with Crippen LogP contribution in [0.3, 0.4) is 0 Å². The van der Waals surface area contributed by atoms with Gasteiger partial charge in [-0.05, 0) is 32.4 Å². The number of carbonyl (C=O) groups is 1. The zero-order valence-electron chi connectivity index (χ0n) is 11.6. The van der Waals surface area contributed by atoms with Crippen molar-refractivity contribution in [3.8, 4) is 5.75 Å². The van der Waals surface area contributed by atoms with Gasteiger partial charge in [0.2, 0.25) is 0 Å². The summed E-state index contributed by atoms with van der Waals surface area (Å²) in [6, 6.07) is 4.54. The summed E-state index contributed by atoms with van der Waals surface area (Å²) < 4.78 is 19.0. The first-order valence-corrected chi connectivity index (χ1v) is 6.44. The molecule has 0 heterocycles.